The van der Waals surface area contributed by atoms with Crippen molar-refractivity contribution in [1.29, 1.82) is 0 Å². The third kappa shape index (κ3) is 5.84. The van der Waals surface area contributed by atoms with Crippen LogP contribution in [-0.2, 0) is 0 Å². The highest BCUT2D eigenvalue weighted by atomic mass is 15.1. The number of hydrogen-bond acceptors (Lipinski definition) is 1. The standard InChI is InChI=1S/C8H19N/c1-5-6-8(2)7-9(3)4/h8H,5-7H2,1-4H3/t8-/m1/s1. The van der Waals surface area contributed by atoms with E-state index in [1.54, 1.807) is 0 Å². The SMILES string of the molecule is CCC[C@@H](C)CN(C)C. The second-order valence-electron chi connectivity index (χ2n) is 3.16. The van der Waals surface area contributed by atoms with Crippen LogP contribution in [0.25, 0.3) is 0 Å². The Hall–Kier alpha value is -0.0400. The molecule has 0 aliphatic rings. The van der Waals surface area contributed by atoms with Gasteiger partial charge in [0.15, 0.2) is 0 Å². The quantitative estimate of drug-likeness (QED) is 0.561. The second kappa shape index (κ2) is 4.80. The molecule has 0 bridgehead atoms. The van der Waals surface area contributed by atoms with Crippen LogP contribution in [0, 0.1) is 5.92 Å². The Labute approximate surface area is 59.1 Å². The summed E-state index contributed by atoms with van der Waals surface area (Å²) in [5, 5.41) is 0. The van der Waals surface area contributed by atoms with Crippen molar-refractivity contribution in [2.45, 2.75) is 26.7 Å². The summed E-state index contributed by atoms with van der Waals surface area (Å²) in [6, 6.07) is 0. The van der Waals surface area contributed by atoms with Crippen molar-refractivity contribution in [1.82, 2.24) is 4.90 Å². The molecule has 0 spiro atoms. The highest BCUT2D eigenvalue weighted by Gasteiger charge is 1.99. The first-order valence-corrected chi connectivity index (χ1v) is 3.81. The van der Waals surface area contributed by atoms with Gasteiger partial charge in [0.1, 0.15) is 0 Å². The topological polar surface area (TPSA) is 3.24 Å². The van der Waals surface area contributed by atoms with Crippen molar-refractivity contribution < 1.29 is 0 Å². The Kier molecular flexibility index (Phi) is 4.78. The highest BCUT2D eigenvalue weighted by Crippen LogP contribution is 2.04. The van der Waals surface area contributed by atoms with Crippen LogP contribution >= 0.6 is 0 Å². The van der Waals surface area contributed by atoms with E-state index in [4.69, 9.17) is 0 Å². The maximum absolute atomic E-state index is 2.31. The minimum atomic E-state index is 0.866. The Balaban J connectivity index is 3.15. The van der Waals surface area contributed by atoms with Crippen LogP contribution < -0.4 is 0 Å². The number of hydrogen-bond donors (Lipinski definition) is 0. The van der Waals surface area contributed by atoms with Crippen LogP contribution in [-0.4, -0.2) is 25.5 Å². The molecule has 0 unspecified atom stereocenters. The van der Waals surface area contributed by atoms with Crippen LogP contribution in [0.15, 0.2) is 0 Å². The Morgan fingerprint density at radius 2 is 1.89 bits per heavy atom. The molecule has 0 aliphatic carbocycles. The van der Waals surface area contributed by atoms with E-state index < -0.39 is 0 Å². The monoisotopic (exact) mass is 129 g/mol. The lowest BCUT2D eigenvalue weighted by molar-refractivity contribution is 0.326. The van der Waals surface area contributed by atoms with E-state index >= 15 is 0 Å². The van der Waals surface area contributed by atoms with Crippen molar-refractivity contribution in [3.63, 3.8) is 0 Å². The van der Waals surface area contributed by atoms with Gasteiger partial charge in [0.2, 0.25) is 0 Å². The Morgan fingerprint density at radius 3 is 2.22 bits per heavy atom. The molecule has 0 rings (SSSR count). The van der Waals surface area contributed by atoms with Gasteiger partial charge in [-0.25, -0.2) is 0 Å². The maximum Gasteiger partial charge on any atom is 0.0000918 e. The van der Waals surface area contributed by atoms with E-state index in [0.29, 0.717) is 0 Å². The minimum absolute atomic E-state index is 0.866. The maximum atomic E-state index is 2.31. The molecular weight excluding hydrogens is 110 g/mol. The van der Waals surface area contributed by atoms with E-state index in [2.05, 4.69) is 32.8 Å². The fourth-order valence-corrected chi connectivity index (χ4v) is 1.21. The molecule has 0 N–H and O–H groups in total. The molecule has 0 amide bonds. The van der Waals surface area contributed by atoms with Crippen molar-refractivity contribution in [2.75, 3.05) is 20.6 Å². The number of rotatable bonds is 4. The van der Waals surface area contributed by atoms with Crippen LogP contribution in [0.1, 0.15) is 26.7 Å². The molecule has 56 valence electrons. The molecule has 9 heavy (non-hydrogen) atoms. The summed E-state index contributed by atoms with van der Waals surface area (Å²) < 4.78 is 0. The summed E-state index contributed by atoms with van der Waals surface area (Å²) in [5.74, 6) is 0.866. The number of nitrogens with zero attached hydrogens (tertiary/aromatic N) is 1. The van der Waals surface area contributed by atoms with Crippen LogP contribution in [0.2, 0.25) is 0 Å². The average molecular weight is 129 g/mol. The summed E-state index contributed by atoms with van der Waals surface area (Å²) in [6.07, 6.45) is 2.67. The molecule has 0 radical (unpaired) electrons. The molecule has 0 saturated heterocycles. The highest BCUT2D eigenvalue weighted by molar-refractivity contribution is 4.54. The van der Waals surface area contributed by atoms with Crippen LogP contribution in [0.3, 0.4) is 0 Å². The first-order valence-electron chi connectivity index (χ1n) is 3.81. The second-order valence-corrected chi connectivity index (χ2v) is 3.16. The smallest absolute Gasteiger partial charge is 0.0000918 e. The fraction of sp³-hybridized carbons (Fsp3) is 1.00. The summed E-state index contributed by atoms with van der Waals surface area (Å²) in [5.41, 5.74) is 0. The van der Waals surface area contributed by atoms with E-state index in [0.717, 1.165) is 5.92 Å². The normalized spacial score (nSPS) is 14.3. The zero-order chi connectivity index (χ0) is 7.28. The summed E-state index contributed by atoms with van der Waals surface area (Å²) in [7, 11) is 4.26. The van der Waals surface area contributed by atoms with Gasteiger partial charge < -0.3 is 4.90 Å². The fourth-order valence-electron chi connectivity index (χ4n) is 1.21. The van der Waals surface area contributed by atoms with Gasteiger partial charge >= 0.3 is 0 Å². The van der Waals surface area contributed by atoms with E-state index in [1.807, 2.05) is 0 Å². The van der Waals surface area contributed by atoms with Crippen LogP contribution in [0.5, 0.6) is 0 Å². The minimum Gasteiger partial charge on any atom is -0.309 e. The zero-order valence-electron chi connectivity index (χ0n) is 7.15. The third-order valence-corrected chi connectivity index (χ3v) is 1.46. The Morgan fingerprint density at radius 1 is 1.33 bits per heavy atom. The first kappa shape index (κ1) is 8.96. The first-order chi connectivity index (χ1) is 4.16. The van der Waals surface area contributed by atoms with Gasteiger partial charge in [-0.15, -0.1) is 0 Å². The molecule has 1 heteroatoms. The molecule has 0 aromatic heterocycles. The van der Waals surface area contributed by atoms with E-state index in [9.17, 15) is 0 Å². The summed E-state index contributed by atoms with van der Waals surface area (Å²) in [6.45, 7) is 5.78. The largest absolute Gasteiger partial charge is 0.309 e. The Bertz CT molecular complexity index is 59.6. The van der Waals surface area contributed by atoms with Crippen molar-refractivity contribution in [3.05, 3.63) is 0 Å². The van der Waals surface area contributed by atoms with Crippen LogP contribution in [0.4, 0.5) is 0 Å². The lowest BCUT2D eigenvalue weighted by Crippen LogP contribution is -2.19. The van der Waals surface area contributed by atoms with E-state index in [-0.39, 0.29) is 0 Å². The molecular formula is C8H19N. The average Bonchev–Trinajstić information content (AvgIpc) is 1.63. The third-order valence-electron chi connectivity index (χ3n) is 1.46. The van der Waals surface area contributed by atoms with Gasteiger partial charge in [-0.2, -0.15) is 0 Å². The van der Waals surface area contributed by atoms with Crippen molar-refractivity contribution in [2.24, 2.45) is 5.92 Å². The molecule has 1 nitrogen and oxygen atoms in total. The molecule has 0 aromatic carbocycles. The van der Waals surface area contributed by atoms with Gasteiger partial charge in [0.05, 0.1) is 0 Å². The molecule has 0 heterocycles. The lowest BCUT2D eigenvalue weighted by Gasteiger charge is -2.15. The molecule has 0 saturated carbocycles. The molecule has 0 aromatic rings. The zero-order valence-corrected chi connectivity index (χ0v) is 7.15. The van der Waals surface area contributed by atoms with Crippen molar-refractivity contribution in [3.8, 4) is 0 Å². The molecule has 0 fully saturated rings. The lowest BCUT2D eigenvalue weighted by atomic mass is 10.1. The molecule has 0 aliphatic heterocycles. The molecule has 1 atom stereocenters. The van der Waals surface area contributed by atoms with Gasteiger partial charge in [0, 0.05) is 6.54 Å². The van der Waals surface area contributed by atoms with Gasteiger partial charge in [-0.05, 0) is 26.4 Å². The van der Waals surface area contributed by atoms with Gasteiger partial charge in [-0.3, -0.25) is 0 Å². The predicted octanol–water partition coefficient (Wildman–Crippen LogP) is 1.98. The van der Waals surface area contributed by atoms with Gasteiger partial charge in [0.25, 0.3) is 0 Å². The van der Waals surface area contributed by atoms with E-state index in [1.165, 1.54) is 19.4 Å². The van der Waals surface area contributed by atoms with Crippen molar-refractivity contribution >= 4 is 0 Å². The summed E-state index contributed by atoms with van der Waals surface area (Å²) >= 11 is 0. The summed E-state index contributed by atoms with van der Waals surface area (Å²) in [4.78, 5) is 2.25. The predicted molar refractivity (Wildman–Crippen MR) is 42.6 cm³/mol. The van der Waals surface area contributed by atoms with Gasteiger partial charge in [-0.1, -0.05) is 20.3 Å².